The van der Waals surface area contributed by atoms with Crippen LogP contribution in [0.2, 0.25) is 0 Å². The lowest BCUT2D eigenvalue weighted by Gasteiger charge is -2.55. The number of aromatic nitrogens is 1. The third kappa shape index (κ3) is 4.26. The lowest BCUT2D eigenvalue weighted by atomic mass is 9.53. The molecule has 4 atom stereocenters. The number of fused-ring (bicyclic) bond motifs is 1. The Morgan fingerprint density at radius 3 is 2.69 bits per heavy atom. The van der Waals surface area contributed by atoms with Crippen molar-refractivity contribution >= 4 is 5.91 Å². The molecule has 0 aliphatic heterocycles. The van der Waals surface area contributed by atoms with Crippen molar-refractivity contribution in [2.75, 3.05) is 13.7 Å². The maximum Gasteiger partial charge on any atom is 0.254 e. The largest absolute Gasteiger partial charge is 0.497 e. The normalized spacial score (nSPS) is 25.6. The smallest absolute Gasteiger partial charge is 0.254 e. The summed E-state index contributed by atoms with van der Waals surface area (Å²) in [7, 11) is 1.68. The van der Waals surface area contributed by atoms with E-state index in [-0.39, 0.29) is 11.9 Å². The van der Waals surface area contributed by atoms with Crippen LogP contribution in [-0.2, 0) is 11.2 Å². The first-order chi connectivity index (χ1) is 14.2. The van der Waals surface area contributed by atoms with Crippen LogP contribution in [0.3, 0.4) is 0 Å². The number of nitrogens with one attached hydrogen (secondary N) is 1. The molecule has 0 spiro atoms. The molecular formula is C23H30N2O4. The molecule has 2 aromatic rings. The molecule has 156 valence electrons. The highest BCUT2D eigenvalue weighted by atomic mass is 16.5. The van der Waals surface area contributed by atoms with Gasteiger partial charge >= 0.3 is 0 Å². The highest BCUT2D eigenvalue weighted by Crippen LogP contribution is 2.54. The quantitative estimate of drug-likeness (QED) is 0.725. The SMILES string of the molecule is CCOc1cc(CCC(=O)N[C@H]2[C@@H]3CCCC[C@@H]3[C@@H]2c2ccc(OC)cc2)on1. The van der Waals surface area contributed by atoms with Crippen LogP contribution in [0.15, 0.2) is 34.9 Å². The maximum atomic E-state index is 12.7. The zero-order valence-corrected chi connectivity index (χ0v) is 17.2. The van der Waals surface area contributed by atoms with Crippen LogP contribution in [0.5, 0.6) is 11.6 Å². The van der Waals surface area contributed by atoms with Crippen molar-refractivity contribution in [2.24, 2.45) is 11.8 Å². The minimum atomic E-state index is 0.0758. The van der Waals surface area contributed by atoms with Gasteiger partial charge in [-0.15, -0.1) is 0 Å². The van der Waals surface area contributed by atoms with Crippen LogP contribution in [0, 0.1) is 11.8 Å². The van der Waals surface area contributed by atoms with E-state index in [4.69, 9.17) is 14.0 Å². The molecule has 0 unspecified atom stereocenters. The third-order valence-corrected chi connectivity index (χ3v) is 6.44. The average Bonchev–Trinajstić information content (AvgIpc) is 3.19. The molecule has 0 radical (unpaired) electrons. The van der Waals surface area contributed by atoms with E-state index in [1.54, 1.807) is 13.2 Å². The average molecular weight is 399 g/mol. The van der Waals surface area contributed by atoms with Crippen molar-refractivity contribution in [2.45, 2.75) is 57.4 Å². The molecule has 1 amide bonds. The summed E-state index contributed by atoms with van der Waals surface area (Å²) in [6.45, 7) is 2.45. The number of methoxy groups -OCH3 is 1. The topological polar surface area (TPSA) is 73.6 Å². The van der Waals surface area contributed by atoms with E-state index in [9.17, 15) is 4.79 Å². The molecule has 6 heteroatoms. The predicted molar refractivity (Wildman–Crippen MR) is 109 cm³/mol. The van der Waals surface area contributed by atoms with Crippen molar-refractivity contribution in [3.05, 3.63) is 41.7 Å². The van der Waals surface area contributed by atoms with Crippen LogP contribution in [0.25, 0.3) is 0 Å². The zero-order valence-electron chi connectivity index (χ0n) is 17.2. The molecule has 2 fully saturated rings. The van der Waals surface area contributed by atoms with E-state index in [2.05, 4.69) is 22.6 Å². The summed E-state index contributed by atoms with van der Waals surface area (Å²) in [5, 5.41) is 7.18. The summed E-state index contributed by atoms with van der Waals surface area (Å²) in [4.78, 5) is 12.7. The molecule has 2 aliphatic carbocycles. The van der Waals surface area contributed by atoms with Crippen molar-refractivity contribution in [3.8, 4) is 11.6 Å². The van der Waals surface area contributed by atoms with E-state index in [1.165, 1.54) is 31.2 Å². The van der Waals surface area contributed by atoms with E-state index >= 15 is 0 Å². The van der Waals surface area contributed by atoms with Gasteiger partial charge in [-0.05, 0) is 54.5 Å². The van der Waals surface area contributed by atoms with E-state index < -0.39 is 0 Å². The number of hydrogen-bond donors (Lipinski definition) is 1. The zero-order chi connectivity index (χ0) is 20.2. The van der Waals surface area contributed by atoms with Crippen LogP contribution >= 0.6 is 0 Å². The predicted octanol–water partition coefficient (Wildman–Crippen LogP) is 4.10. The summed E-state index contributed by atoms with van der Waals surface area (Å²) in [5.41, 5.74) is 1.30. The Balaban J connectivity index is 1.38. The first kappa shape index (κ1) is 19.8. The van der Waals surface area contributed by atoms with E-state index in [1.807, 2.05) is 19.1 Å². The molecule has 6 nitrogen and oxygen atoms in total. The molecule has 1 aromatic carbocycles. The number of benzene rings is 1. The van der Waals surface area contributed by atoms with E-state index in [0.717, 1.165) is 5.75 Å². The summed E-state index contributed by atoms with van der Waals surface area (Å²) in [6.07, 6.45) is 5.95. The molecule has 4 rings (SSSR count). The molecule has 29 heavy (non-hydrogen) atoms. The number of amides is 1. The minimum Gasteiger partial charge on any atom is -0.497 e. The van der Waals surface area contributed by atoms with Crippen LogP contribution in [0.1, 0.15) is 56.3 Å². The lowest BCUT2D eigenvalue weighted by Crippen LogP contribution is -2.59. The Morgan fingerprint density at radius 2 is 1.97 bits per heavy atom. The highest BCUT2D eigenvalue weighted by Gasteiger charge is 2.51. The Morgan fingerprint density at radius 1 is 1.21 bits per heavy atom. The number of aryl methyl sites for hydroxylation is 1. The fourth-order valence-electron chi connectivity index (χ4n) is 5.07. The second-order valence-corrected chi connectivity index (χ2v) is 8.07. The maximum absolute atomic E-state index is 12.7. The van der Waals surface area contributed by atoms with Gasteiger partial charge in [0.2, 0.25) is 5.91 Å². The fourth-order valence-corrected chi connectivity index (χ4v) is 5.07. The summed E-state index contributed by atoms with van der Waals surface area (Å²) < 4.78 is 15.8. The van der Waals surface area contributed by atoms with Gasteiger partial charge in [-0.2, -0.15) is 0 Å². The minimum absolute atomic E-state index is 0.0758. The van der Waals surface area contributed by atoms with Crippen molar-refractivity contribution < 1.29 is 18.8 Å². The number of ether oxygens (including phenoxy) is 2. The summed E-state index contributed by atoms with van der Waals surface area (Å²) in [5.74, 6) is 3.76. The molecule has 2 saturated carbocycles. The number of carbonyl (C=O) groups excluding carboxylic acids is 1. The third-order valence-electron chi connectivity index (χ3n) is 6.44. The van der Waals surface area contributed by atoms with E-state index in [0.29, 0.717) is 48.8 Å². The molecule has 0 bridgehead atoms. The van der Waals surface area contributed by atoms with Gasteiger partial charge in [0.25, 0.3) is 5.88 Å². The van der Waals surface area contributed by atoms with Crippen LogP contribution in [0.4, 0.5) is 0 Å². The van der Waals surface area contributed by atoms with Crippen LogP contribution in [-0.4, -0.2) is 30.8 Å². The Kier molecular flexibility index (Phi) is 6.07. The Bertz CT molecular complexity index is 817. The molecule has 0 saturated heterocycles. The number of carbonyl (C=O) groups is 1. The van der Waals surface area contributed by atoms with Crippen molar-refractivity contribution in [1.29, 1.82) is 0 Å². The highest BCUT2D eigenvalue weighted by molar-refractivity contribution is 5.76. The van der Waals surface area contributed by atoms with Gasteiger partial charge in [-0.3, -0.25) is 4.79 Å². The van der Waals surface area contributed by atoms with Gasteiger partial charge in [0.05, 0.1) is 13.7 Å². The van der Waals surface area contributed by atoms with Gasteiger partial charge in [-0.1, -0.05) is 25.0 Å². The first-order valence-electron chi connectivity index (χ1n) is 10.7. The lowest BCUT2D eigenvalue weighted by molar-refractivity contribution is -0.124. The first-order valence-corrected chi connectivity index (χ1v) is 10.7. The summed E-state index contributed by atoms with van der Waals surface area (Å²) in [6, 6.07) is 10.3. The molecular weight excluding hydrogens is 368 g/mol. The number of rotatable bonds is 8. The number of nitrogens with zero attached hydrogens (tertiary/aromatic N) is 1. The molecule has 2 aliphatic rings. The van der Waals surface area contributed by atoms with Gasteiger partial charge < -0.3 is 19.3 Å². The molecule has 1 aromatic heterocycles. The fraction of sp³-hybridized carbons (Fsp3) is 0.565. The molecule has 1 N–H and O–H groups in total. The second kappa shape index (κ2) is 8.89. The van der Waals surface area contributed by atoms with Crippen LogP contribution < -0.4 is 14.8 Å². The van der Waals surface area contributed by atoms with Crippen molar-refractivity contribution in [3.63, 3.8) is 0 Å². The number of hydrogen-bond acceptors (Lipinski definition) is 5. The Hall–Kier alpha value is -2.50. The second-order valence-electron chi connectivity index (χ2n) is 8.07. The Labute approximate surface area is 171 Å². The van der Waals surface area contributed by atoms with Gasteiger partial charge in [-0.25, -0.2) is 0 Å². The monoisotopic (exact) mass is 398 g/mol. The summed E-state index contributed by atoms with van der Waals surface area (Å²) >= 11 is 0. The van der Waals surface area contributed by atoms with Gasteiger partial charge in [0, 0.05) is 30.9 Å². The molecule has 1 heterocycles. The van der Waals surface area contributed by atoms with Gasteiger partial charge in [0.15, 0.2) is 0 Å². The standard InChI is InChI=1S/C23H30N2O4/c1-3-28-21-14-17(29-25-21)12-13-20(26)24-23-19-7-5-4-6-18(19)22(23)15-8-10-16(27-2)11-9-15/h8-11,14,18-19,22-23H,3-7,12-13H2,1-2H3,(H,24,26)/t18-,19+,22-,23-/m0/s1. The van der Waals surface area contributed by atoms with Crippen molar-refractivity contribution in [1.82, 2.24) is 10.5 Å². The van der Waals surface area contributed by atoms with Gasteiger partial charge in [0.1, 0.15) is 11.5 Å².